The van der Waals surface area contributed by atoms with Crippen molar-refractivity contribution in [2.75, 3.05) is 11.9 Å². The van der Waals surface area contributed by atoms with E-state index in [1.165, 1.54) is 25.7 Å². The molecule has 6 nitrogen and oxygen atoms in total. The highest BCUT2D eigenvalue weighted by molar-refractivity contribution is 6.28. The van der Waals surface area contributed by atoms with Gasteiger partial charge in [-0.3, -0.25) is 4.57 Å². The van der Waals surface area contributed by atoms with Crippen LogP contribution in [0.25, 0.3) is 5.95 Å². The molecule has 0 amide bonds. The lowest BCUT2D eigenvalue weighted by atomic mass is 9.98. The SMILES string of the molecule is Clc1nc(NCC(C2CC2)C2CC2)nc(-n2ccnc2)n1. The van der Waals surface area contributed by atoms with Gasteiger partial charge in [0.05, 0.1) is 0 Å². The molecule has 110 valence electrons. The van der Waals surface area contributed by atoms with E-state index in [2.05, 4.69) is 25.3 Å². The molecule has 2 heterocycles. The summed E-state index contributed by atoms with van der Waals surface area (Å²) in [5.41, 5.74) is 0. The summed E-state index contributed by atoms with van der Waals surface area (Å²) in [5.74, 6) is 3.59. The minimum atomic E-state index is 0.200. The van der Waals surface area contributed by atoms with E-state index in [0.717, 1.165) is 24.3 Å². The minimum Gasteiger partial charge on any atom is -0.354 e. The van der Waals surface area contributed by atoms with Crippen LogP contribution in [0.1, 0.15) is 25.7 Å². The number of hydrogen-bond donors (Lipinski definition) is 1. The van der Waals surface area contributed by atoms with Crippen LogP contribution in [0.2, 0.25) is 5.28 Å². The largest absolute Gasteiger partial charge is 0.354 e. The van der Waals surface area contributed by atoms with Crippen molar-refractivity contribution in [1.82, 2.24) is 24.5 Å². The Balaban J connectivity index is 1.49. The van der Waals surface area contributed by atoms with Gasteiger partial charge in [-0.05, 0) is 55.0 Å². The fourth-order valence-corrected chi connectivity index (χ4v) is 3.04. The molecule has 2 saturated carbocycles. The number of imidazole rings is 1. The van der Waals surface area contributed by atoms with Crippen LogP contribution in [0.4, 0.5) is 5.95 Å². The van der Waals surface area contributed by atoms with E-state index in [4.69, 9.17) is 11.6 Å². The van der Waals surface area contributed by atoms with E-state index >= 15 is 0 Å². The average Bonchev–Trinajstić information content (AvgIpc) is 3.40. The van der Waals surface area contributed by atoms with E-state index in [0.29, 0.717) is 11.9 Å². The summed E-state index contributed by atoms with van der Waals surface area (Å²) in [4.78, 5) is 16.7. The third-order valence-corrected chi connectivity index (χ3v) is 4.45. The molecule has 1 N–H and O–H groups in total. The molecule has 21 heavy (non-hydrogen) atoms. The van der Waals surface area contributed by atoms with Crippen LogP contribution in [-0.4, -0.2) is 31.0 Å². The Hall–Kier alpha value is -1.69. The molecule has 0 aliphatic heterocycles. The summed E-state index contributed by atoms with van der Waals surface area (Å²) in [6, 6.07) is 0. The standard InChI is InChI=1S/C14H17ClN6/c15-12-18-13(20-14(19-12)21-6-5-16-8-21)17-7-11(9-1-2-9)10-3-4-10/h5-6,8-11H,1-4,7H2,(H,17,18,19,20). The summed E-state index contributed by atoms with van der Waals surface area (Å²) in [5, 5.41) is 3.55. The Morgan fingerprint density at radius 1 is 1.19 bits per heavy atom. The predicted octanol–water partition coefficient (Wildman–Crippen LogP) is 2.56. The monoisotopic (exact) mass is 304 g/mol. The highest BCUT2D eigenvalue weighted by Gasteiger charge is 2.41. The topological polar surface area (TPSA) is 68.5 Å². The summed E-state index contributed by atoms with van der Waals surface area (Å²) in [6.45, 7) is 0.930. The van der Waals surface area contributed by atoms with Gasteiger partial charge in [-0.1, -0.05) is 0 Å². The van der Waals surface area contributed by atoms with Gasteiger partial charge in [0.2, 0.25) is 17.2 Å². The smallest absolute Gasteiger partial charge is 0.241 e. The van der Waals surface area contributed by atoms with E-state index in [1.54, 1.807) is 23.3 Å². The molecule has 7 heteroatoms. The zero-order valence-corrected chi connectivity index (χ0v) is 12.4. The van der Waals surface area contributed by atoms with Crippen molar-refractivity contribution in [2.45, 2.75) is 25.7 Å². The minimum absolute atomic E-state index is 0.200. The van der Waals surface area contributed by atoms with Crippen molar-refractivity contribution in [3.8, 4) is 5.95 Å². The first-order chi connectivity index (χ1) is 10.3. The maximum atomic E-state index is 6.00. The molecule has 0 saturated heterocycles. The van der Waals surface area contributed by atoms with Gasteiger partial charge in [0.1, 0.15) is 6.33 Å². The highest BCUT2D eigenvalue weighted by Crippen LogP contribution is 2.49. The molecule has 0 aromatic carbocycles. The molecule has 2 fully saturated rings. The lowest BCUT2D eigenvalue weighted by molar-refractivity contribution is 0.427. The third kappa shape index (κ3) is 3.00. The molecule has 0 atom stereocenters. The second-order valence-corrected chi connectivity index (χ2v) is 6.26. The molecular formula is C14H17ClN6. The van der Waals surface area contributed by atoms with Gasteiger partial charge in [0.15, 0.2) is 0 Å². The number of nitrogens with zero attached hydrogens (tertiary/aromatic N) is 5. The molecule has 2 aliphatic carbocycles. The maximum absolute atomic E-state index is 6.00. The molecule has 0 spiro atoms. The number of hydrogen-bond acceptors (Lipinski definition) is 5. The van der Waals surface area contributed by atoms with Crippen molar-refractivity contribution in [1.29, 1.82) is 0 Å². The molecule has 2 aromatic rings. The molecule has 2 aliphatic rings. The van der Waals surface area contributed by atoms with Gasteiger partial charge < -0.3 is 5.32 Å². The fourth-order valence-electron chi connectivity index (χ4n) is 2.89. The van der Waals surface area contributed by atoms with Crippen LogP contribution in [0, 0.1) is 17.8 Å². The van der Waals surface area contributed by atoms with E-state index in [-0.39, 0.29) is 5.28 Å². The molecular weight excluding hydrogens is 288 g/mol. The van der Waals surface area contributed by atoms with Crippen molar-refractivity contribution in [3.63, 3.8) is 0 Å². The van der Waals surface area contributed by atoms with E-state index in [9.17, 15) is 0 Å². The first-order valence-electron chi connectivity index (χ1n) is 7.43. The summed E-state index contributed by atoms with van der Waals surface area (Å²) in [7, 11) is 0. The Labute approximate surface area is 128 Å². The number of halogens is 1. The second-order valence-electron chi connectivity index (χ2n) is 5.92. The number of rotatable bonds is 6. The quantitative estimate of drug-likeness (QED) is 0.888. The van der Waals surface area contributed by atoms with E-state index in [1.807, 2.05) is 0 Å². The second kappa shape index (κ2) is 5.26. The molecule has 4 rings (SSSR count). The average molecular weight is 305 g/mol. The van der Waals surface area contributed by atoms with Crippen LogP contribution >= 0.6 is 11.6 Å². The number of nitrogens with one attached hydrogen (secondary N) is 1. The molecule has 2 aromatic heterocycles. The van der Waals surface area contributed by atoms with Crippen LogP contribution < -0.4 is 5.32 Å². The van der Waals surface area contributed by atoms with Gasteiger partial charge >= 0.3 is 0 Å². The first-order valence-corrected chi connectivity index (χ1v) is 7.81. The van der Waals surface area contributed by atoms with Crippen molar-refractivity contribution in [2.24, 2.45) is 17.8 Å². The first kappa shape index (κ1) is 13.0. The van der Waals surface area contributed by atoms with Crippen molar-refractivity contribution >= 4 is 17.5 Å². The zero-order chi connectivity index (χ0) is 14.2. The third-order valence-electron chi connectivity index (χ3n) is 4.28. The van der Waals surface area contributed by atoms with Crippen molar-refractivity contribution in [3.05, 3.63) is 24.0 Å². The summed E-state index contributed by atoms with van der Waals surface area (Å²) < 4.78 is 1.72. The Bertz CT molecular complexity index is 608. The van der Waals surface area contributed by atoms with Gasteiger partial charge in [-0.2, -0.15) is 15.0 Å². The van der Waals surface area contributed by atoms with Gasteiger partial charge in [-0.25, -0.2) is 4.98 Å². The lowest BCUT2D eigenvalue weighted by Crippen LogP contribution is -2.20. The van der Waals surface area contributed by atoms with Gasteiger partial charge in [0, 0.05) is 18.9 Å². The summed E-state index contributed by atoms with van der Waals surface area (Å²) in [6.07, 6.45) is 10.6. The Morgan fingerprint density at radius 3 is 2.57 bits per heavy atom. The van der Waals surface area contributed by atoms with Crippen molar-refractivity contribution < 1.29 is 0 Å². The Morgan fingerprint density at radius 2 is 1.95 bits per heavy atom. The normalized spacial score (nSPS) is 18.2. The Kier molecular flexibility index (Phi) is 3.25. The summed E-state index contributed by atoms with van der Waals surface area (Å²) >= 11 is 6.00. The zero-order valence-electron chi connectivity index (χ0n) is 11.6. The van der Waals surface area contributed by atoms with Gasteiger partial charge in [0.25, 0.3) is 0 Å². The van der Waals surface area contributed by atoms with Gasteiger partial charge in [-0.15, -0.1) is 0 Å². The fraction of sp³-hybridized carbons (Fsp3) is 0.571. The van der Waals surface area contributed by atoms with Crippen LogP contribution in [-0.2, 0) is 0 Å². The molecule has 0 bridgehead atoms. The van der Waals surface area contributed by atoms with Crippen LogP contribution in [0.5, 0.6) is 0 Å². The highest BCUT2D eigenvalue weighted by atomic mass is 35.5. The van der Waals surface area contributed by atoms with Crippen LogP contribution in [0.15, 0.2) is 18.7 Å². The van der Waals surface area contributed by atoms with E-state index < -0.39 is 0 Å². The maximum Gasteiger partial charge on any atom is 0.241 e. The molecule has 0 radical (unpaired) electrons. The molecule has 0 unspecified atom stereocenters. The lowest BCUT2D eigenvalue weighted by Gasteiger charge is -2.16. The number of aromatic nitrogens is 5. The van der Waals surface area contributed by atoms with Crippen LogP contribution in [0.3, 0.4) is 0 Å². The predicted molar refractivity (Wildman–Crippen MR) is 79.4 cm³/mol. The number of anilines is 1.